The highest BCUT2D eigenvalue weighted by Gasteiger charge is 2.68. The SMILES string of the molecule is Cc1cc2c3c(c1)N(c1ccccc1)c1cc4c(cc1B3c1ccccc1O2)B1c2cc3c(cc2N(c2ccccc2)c2cc(S(F)(F)(F)(F)F)cc(c21)O4)N(c1ccccc1)c1cc(S(F)(F)(F)(F)F)cc2c1B3c1ccccc1N2c1ccccc1. The second-order valence-electron chi connectivity index (χ2n) is 23.1. The van der Waals surface area contributed by atoms with Gasteiger partial charge in [-0.25, -0.2) is 0 Å². The second kappa shape index (κ2) is 16.5. The molecule has 0 aromatic heterocycles. The molecule has 6 aliphatic rings. The zero-order valence-corrected chi connectivity index (χ0v) is 47.5. The van der Waals surface area contributed by atoms with Gasteiger partial charge in [-0.3, -0.25) is 0 Å². The normalized spacial score (nSPS) is 16.1. The highest BCUT2D eigenvalue weighted by Crippen LogP contribution is 3.03. The van der Waals surface area contributed by atoms with Crippen molar-refractivity contribution < 1.29 is 48.3 Å². The Labute approximate surface area is 499 Å². The van der Waals surface area contributed by atoms with Crippen molar-refractivity contribution in [2.45, 2.75) is 16.7 Å². The van der Waals surface area contributed by atoms with Gasteiger partial charge in [-0.05, 0) is 159 Å². The molecule has 6 nitrogen and oxygen atoms in total. The number of rotatable bonds is 6. The molecule has 11 aromatic rings. The Hall–Kier alpha value is -9.59. The Morgan fingerprint density at radius 2 is 0.636 bits per heavy atom. The molecule has 6 heterocycles. The summed E-state index contributed by atoms with van der Waals surface area (Å²) in [5, 5.41) is 0. The van der Waals surface area contributed by atoms with Crippen LogP contribution in [0.1, 0.15) is 5.56 Å². The maximum atomic E-state index is 15.9. The molecule has 0 atom stereocenters. The fourth-order valence-electron chi connectivity index (χ4n) is 14.3. The minimum atomic E-state index is -10.6. The first-order chi connectivity index (χ1) is 41.8. The number of anilines is 12. The lowest BCUT2D eigenvalue weighted by molar-refractivity contribution is 0.360. The second-order valence-corrected chi connectivity index (χ2v) is 27.9. The number of hydrogen-bond acceptors (Lipinski definition) is 6. The van der Waals surface area contributed by atoms with Crippen LogP contribution in [0.2, 0.25) is 0 Å². The van der Waals surface area contributed by atoms with E-state index < -0.39 is 56.1 Å². The molecular formula is C67H41B3F10N4O2S2. The number of aryl methyl sites for hydroxylation is 1. The number of ether oxygens (including phenoxy) is 2. The van der Waals surface area contributed by atoms with Crippen LogP contribution in [0.15, 0.2) is 240 Å². The van der Waals surface area contributed by atoms with Gasteiger partial charge in [0, 0.05) is 80.4 Å². The summed E-state index contributed by atoms with van der Waals surface area (Å²) in [7, 11) is -21.2. The quantitative estimate of drug-likeness (QED) is 0.122. The molecule has 0 radical (unpaired) electrons. The van der Waals surface area contributed by atoms with Crippen molar-refractivity contribution in [3.63, 3.8) is 0 Å². The van der Waals surface area contributed by atoms with E-state index in [1.165, 1.54) is 9.80 Å². The Bertz CT molecular complexity index is 4910. The molecule has 21 heteroatoms. The highest BCUT2D eigenvalue weighted by molar-refractivity contribution is 8.46. The van der Waals surface area contributed by atoms with Gasteiger partial charge in [-0.1, -0.05) is 160 Å². The molecule has 0 spiro atoms. The van der Waals surface area contributed by atoms with Gasteiger partial charge in [0.15, 0.2) is 0 Å². The van der Waals surface area contributed by atoms with E-state index in [9.17, 15) is 0 Å². The van der Waals surface area contributed by atoms with Gasteiger partial charge in [0.05, 0.1) is 0 Å². The van der Waals surface area contributed by atoms with Crippen LogP contribution in [-0.4, -0.2) is 20.1 Å². The van der Waals surface area contributed by atoms with Crippen LogP contribution in [0.5, 0.6) is 23.0 Å². The lowest BCUT2D eigenvalue weighted by Crippen LogP contribution is -2.65. The summed E-state index contributed by atoms with van der Waals surface area (Å²) in [5.74, 6) is 0.850. The zero-order valence-electron chi connectivity index (χ0n) is 45.9. The Balaban J connectivity index is 1.01. The average Bonchev–Trinajstić information content (AvgIpc) is 0.699. The number of halogens is 10. The first kappa shape index (κ1) is 52.7. The van der Waals surface area contributed by atoms with Gasteiger partial charge in [0.1, 0.15) is 32.8 Å². The Morgan fingerprint density at radius 1 is 0.273 bits per heavy atom. The van der Waals surface area contributed by atoms with E-state index in [1.807, 2.05) is 96.8 Å². The van der Waals surface area contributed by atoms with Crippen molar-refractivity contribution in [2.24, 2.45) is 0 Å². The van der Waals surface area contributed by atoms with E-state index in [0.717, 1.165) is 33.3 Å². The van der Waals surface area contributed by atoms with E-state index in [0.29, 0.717) is 74.7 Å². The topological polar surface area (TPSA) is 31.4 Å². The summed E-state index contributed by atoms with van der Waals surface area (Å²) in [6, 6.07) is 62.5. The molecule has 0 saturated carbocycles. The van der Waals surface area contributed by atoms with Crippen molar-refractivity contribution in [1.82, 2.24) is 0 Å². The van der Waals surface area contributed by atoms with Crippen molar-refractivity contribution in [3.8, 4) is 23.0 Å². The van der Waals surface area contributed by atoms with Crippen LogP contribution in [-0.2, 0) is 0 Å². The molecule has 0 N–H and O–H groups in total. The molecule has 11 aromatic carbocycles. The van der Waals surface area contributed by atoms with Gasteiger partial charge in [-0.2, -0.15) is 0 Å². The van der Waals surface area contributed by atoms with E-state index in [1.54, 1.807) is 126 Å². The van der Waals surface area contributed by atoms with Crippen LogP contribution in [0.4, 0.5) is 107 Å². The molecule has 0 fully saturated rings. The monoisotopic (exact) mass is 1220 g/mol. The summed E-state index contributed by atoms with van der Waals surface area (Å²) in [6.07, 6.45) is 0. The molecule has 17 rings (SSSR count). The van der Waals surface area contributed by atoms with Crippen molar-refractivity contribution in [2.75, 3.05) is 19.6 Å². The molecule has 0 aliphatic carbocycles. The third-order valence-corrected chi connectivity index (χ3v) is 20.0. The summed E-state index contributed by atoms with van der Waals surface area (Å²) < 4.78 is 172. The summed E-state index contributed by atoms with van der Waals surface area (Å²) in [4.78, 5) is 2.18. The first-order valence-electron chi connectivity index (χ1n) is 28.1. The van der Waals surface area contributed by atoms with E-state index in [2.05, 4.69) is 0 Å². The minimum absolute atomic E-state index is 0.0829. The van der Waals surface area contributed by atoms with Crippen LogP contribution in [0.25, 0.3) is 0 Å². The van der Waals surface area contributed by atoms with Gasteiger partial charge in [0.2, 0.25) is 0 Å². The smallest absolute Gasteiger partial charge is 0.310 e. The third kappa shape index (κ3) is 7.78. The Kier molecular flexibility index (Phi) is 9.90. The lowest BCUT2D eigenvalue weighted by atomic mass is 9.29. The molecule has 0 saturated heterocycles. The highest BCUT2D eigenvalue weighted by atomic mass is 32.5. The number of fused-ring (bicyclic) bond motifs is 12. The standard InChI is InChI=1S/C67H41B3F10N4O2S2/c1-40-30-57-66-63(31-40)85-61-29-17-15-27-48(61)69(66)51-37-52-62(39-56(51)84(57)44-24-12-5-13-25-44)86-64-35-46(88(76,77,78,79)80)34-60-67(64)70(52)50-36-49-54(38-55(50)83(60)43-22-10-4-11-23-43)82(42-20-8-3-9-21-42)59-33-45(87(71,72,73,74)75)32-58-65(59)68(49)47-26-14-16-28-53(47)81(58)41-18-6-2-7-19-41/h2-39H,1H3. The molecule has 432 valence electrons. The minimum Gasteiger partial charge on any atom is -0.458 e. The van der Waals surface area contributed by atoms with Crippen molar-refractivity contribution in [1.29, 1.82) is 0 Å². The lowest BCUT2D eigenvalue weighted by Gasteiger charge is -2.48. The maximum Gasteiger partial charge on any atom is 0.310 e. The fraction of sp³-hybridized carbons (Fsp3) is 0.0149. The van der Waals surface area contributed by atoms with Crippen molar-refractivity contribution in [3.05, 3.63) is 236 Å². The number of hydrogen-bond donors (Lipinski definition) is 0. The van der Waals surface area contributed by atoms with Crippen LogP contribution in [0.3, 0.4) is 0 Å². The van der Waals surface area contributed by atoms with Crippen LogP contribution < -0.4 is 78.2 Å². The predicted octanol–water partition coefficient (Wildman–Crippen LogP) is 16.2. The van der Waals surface area contributed by atoms with Gasteiger partial charge in [-0.15, -0.1) is 0 Å². The largest absolute Gasteiger partial charge is 0.458 e. The van der Waals surface area contributed by atoms with Gasteiger partial charge in [0.25, 0.3) is 20.1 Å². The van der Waals surface area contributed by atoms with Crippen LogP contribution >= 0.6 is 20.4 Å². The predicted molar refractivity (Wildman–Crippen MR) is 340 cm³/mol. The molecular weight excluding hydrogens is 1180 g/mol. The van der Waals surface area contributed by atoms with Gasteiger partial charge < -0.3 is 29.1 Å². The Morgan fingerprint density at radius 3 is 1.15 bits per heavy atom. The number of nitrogens with zero attached hydrogens (tertiary/aromatic N) is 4. The number of para-hydroxylation sites is 6. The summed E-state index contributed by atoms with van der Waals surface area (Å²) in [5.41, 5.74) is 8.95. The van der Waals surface area contributed by atoms with E-state index >= 15 is 38.9 Å². The fourth-order valence-corrected chi connectivity index (χ4v) is 15.7. The van der Waals surface area contributed by atoms with E-state index in [4.69, 9.17) is 9.47 Å². The summed E-state index contributed by atoms with van der Waals surface area (Å²) in [6.45, 7) is -0.602. The van der Waals surface area contributed by atoms with E-state index in [-0.39, 0.29) is 56.5 Å². The number of benzene rings is 11. The maximum absolute atomic E-state index is 15.9. The first-order valence-corrected chi connectivity index (χ1v) is 32.0. The van der Waals surface area contributed by atoms with Crippen LogP contribution in [0, 0.1) is 6.92 Å². The summed E-state index contributed by atoms with van der Waals surface area (Å²) >= 11 is 0. The molecule has 0 amide bonds. The zero-order chi connectivity index (χ0) is 60.3. The van der Waals surface area contributed by atoms with Crippen molar-refractivity contribution >= 4 is 158 Å². The molecule has 6 aliphatic heterocycles. The van der Waals surface area contributed by atoms with Gasteiger partial charge >= 0.3 is 20.4 Å². The molecule has 0 unspecified atom stereocenters. The third-order valence-electron chi connectivity index (χ3n) is 17.7. The molecule has 88 heavy (non-hydrogen) atoms. The average molecular weight is 1220 g/mol. The molecule has 0 bridgehead atoms.